The summed E-state index contributed by atoms with van der Waals surface area (Å²) in [6.45, 7) is 0.0100. The van der Waals surface area contributed by atoms with Gasteiger partial charge in [0.1, 0.15) is 0 Å². The third-order valence-electron chi connectivity index (χ3n) is 5.59. The van der Waals surface area contributed by atoms with Crippen molar-refractivity contribution in [3.8, 4) is 0 Å². The molecular weight excluding hydrogens is 443 g/mol. The Balaban J connectivity index is 1.40. The highest BCUT2D eigenvalue weighted by Gasteiger charge is 2.30. The van der Waals surface area contributed by atoms with Crippen molar-refractivity contribution in [2.45, 2.75) is 12.1 Å². The standard InChI is InChI=1S/C26H22F3N3O2/c27-26(28,29)19-12-10-18(11-13-19)25(34)32-16-24(33)31-14-21(17-6-2-1-3-7-17)22-15-30-23-9-5-4-8-20(22)23/h1-13,15,21,30H,14,16H2,(H,31,33)(H,32,34). The van der Waals surface area contributed by atoms with Crippen molar-refractivity contribution in [2.75, 3.05) is 13.1 Å². The molecule has 2 amide bonds. The van der Waals surface area contributed by atoms with Gasteiger partial charge < -0.3 is 15.6 Å². The highest BCUT2D eigenvalue weighted by molar-refractivity contribution is 5.96. The van der Waals surface area contributed by atoms with Crippen LogP contribution >= 0.6 is 0 Å². The number of carbonyl (C=O) groups is 2. The predicted molar refractivity (Wildman–Crippen MR) is 123 cm³/mol. The number of halogens is 3. The van der Waals surface area contributed by atoms with E-state index in [0.717, 1.165) is 46.3 Å². The van der Waals surface area contributed by atoms with Crippen LogP contribution in [-0.2, 0) is 11.0 Å². The average Bonchev–Trinajstić information content (AvgIpc) is 3.27. The van der Waals surface area contributed by atoms with Crippen LogP contribution in [0.3, 0.4) is 0 Å². The normalized spacial score (nSPS) is 12.3. The summed E-state index contributed by atoms with van der Waals surface area (Å²) >= 11 is 0. The molecule has 34 heavy (non-hydrogen) atoms. The highest BCUT2D eigenvalue weighted by Crippen LogP contribution is 2.31. The Bertz CT molecular complexity index is 1280. The second-order valence-corrected chi connectivity index (χ2v) is 7.81. The summed E-state index contributed by atoms with van der Waals surface area (Å²) in [5.74, 6) is -1.15. The SMILES string of the molecule is O=C(CNC(=O)c1ccc(C(F)(F)F)cc1)NCC(c1ccccc1)c1c[nH]c2ccccc12. The molecule has 174 valence electrons. The lowest BCUT2D eigenvalue weighted by Crippen LogP contribution is -2.38. The van der Waals surface area contributed by atoms with Gasteiger partial charge in [-0.05, 0) is 41.5 Å². The fourth-order valence-corrected chi connectivity index (χ4v) is 3.83. The molecule has 0 saturated heterocycles. The van der Waals surface area contributed by atoms with E-state index in [2.05, 4.69) is 15.6 Å². The van der Waals surface area contributed by atoms with Crippen LogP contribution in [0.25, 0.3) is 10.9 Å². The summed E-state index contributed by atoms with van der Waals surface area (Å²) in [5.41, 5.74) is 2.26. The maximum atomic E-state index is 12.7. The summed E-state index contributed by atoms with van der Waals surface area (Å²) in [6.07, 6.45) is -2.55. The summed E-state index contributed by atoms with van der Waals surface area (Å²) in [6, 6.07) is 21.5. The number of amides is 2. The minimum absolute atomic E-state index is 0.0433. The molecule has 3 N–H and O–H groups in total. The first-order valence-corrected chi connectivity index (χ1v) is 10.7. The van der Waals surface area contributed by atoms with Gasteiger partial charge in [-0.1, -0.05) is 48.5 Å². The lowest BCUT2D eigenvalue weighted by atomic mass is 9.91. The minimum Gasteiger partial charge on any atom is -0.361 e. The van der Waals surface area contributed by atoms with E-state index in [4.69, 9.17) is 0 Å². The molecule has 1 heterocycles. The summed E-state index contributed by atoms with van der Waals surface area (Å²) in [4.78, 5) is 27.9. The molecule has 0 spiro atoms. The van der Waals surface area contributed by atoms with Crippen LogP contribution in [0.1, 0.15) is 33.0 Å². The molecule has 4 rings (SSSR count). The second kappa shape index (κ2) is 9.82. The number of alkyl halides is 3. The highest BCUT2D eigenvalue weighted by atomic mass is 19.4. The fourth-order valence-electron chi connectivity index (χ4n) is 3.83. The Labute approximate surface area is 194 Å². The number of aromatic nitrogens is 1. The van der Waals surface area contributed by atoms with Crippen LogP contribution in [-0.4, -0.2) is 29.9 Å². The number of H-pyrrole nitrogens is 1. The smallest absolute Gasteiger partial charge is 0.361 e. The molecule has 1 unspecified atom stereocenters. The van der Waals surface area contributed by atoms with Gasteiger partial charge in [-0.25, -0.2) is 0 Å². The molecule has 4 aromatic rings. The first-order valence-electron chi connectivity index (χ1n) is 10.7. The summed E-state index contributed by atoms with van der Waals surface area (Å²) in [7, 11) is 0. The molecule has 8 heteroatoms. The van der Waals surface area contributed by atoms with Gasteiger partial charge in [0.05, 0.1) is 12.1 Å². The fraction of sp³-hybridized carbons (Fsp3) is 0.154. The number of fused-ring (bicyclic) bond motifs is 1. The predicted octanol–water partition coefficient (Wildman–Crippen LogP) is 4.86. The number of carbonyl (C=O) groups excluding carboxylic acids is 2. The van der Waals surface area contributed by atoms with E-state index < -0.39 is 23.6 Å². The minimum atomic E-state index is -4.48. The van der Waals surface area contributed by atoms with Gasteiger partial charge in [-0.3, -0.25) is 9.59 Å². The molecule has 0 radical (unpaired) electrons. The molecule has 1 atom stereocenters. The molecule has 0 aliphatic heterocycles. The number of nitrogens with one attached hydrogen (secondary N) is 3. The Morgan fingerprint density at radius 1 is 0.853 bits per heavy atom. The van der Waals surface area contributed by atoms with Gasteiger partial charge in [0, 0.05) is 35.1 Å². The molecule has 0 bridgehead atoms. The first kappa shape index (κ1) is 23.1. The molecular formula is C26H22F3N3O2. The number of rotatable bonds is 7. The van der Waals surface area contributed by atoms with E-state index in [9.17, 15) is 22.8 Å². The van der Waals surface area contributed by atoms with Crippen LogP contribution in [0.15, 0.2) is 85.1 Å². The zero-order chi connectivity index (χ0) is 24.1. The van der Waals surface area contributed by atoms with Crippen LogP contribution in [0, 0.1) is 0 Å². The zero-order valence-electron chi connectivity index (χ0n) is 18.0. The Kier molecular flexibility index (Phi) is 6.67. The molecule has 0 aliphatic carbocycles. The lowest BCUT2D eigenvalue weighted by Gasteiger charge is -2.18. The quantitative estimate of drug-likeness (QED) is 0.365. The Morgan fingerprint density at radius 3 is 2.24 bits per heavy atom. The van der Waals surface area contributed by atoms with Crippen molar-refractivity contribution in [1.29, 1.82) is 0 Å². The van der Waals surface area contributed by atoms with Crippen molar-refractivity contribution in [3.63, 3.8) is 0 Å². The number of hydrogen-bond donors (Lipinski definition) is 3. The van der Waals surface area contributed by atoms with E-state index in [-0.39, 0.29) is 18.0 Å². The monoisotopic (exact) mass is 465 g/mol. The van der Waals surface area contributed by atoms with Gasteiger partial charge in [0.15, 0.2) is 0 Å². The number of benzene rings is 3. The van der Waals surface area contributed by atoms with Crippen LogP contribution in [0.2, 0.25) is 0 Å². The molecule has 0 saturated carbocycles. The lowest BCUT2D eigenvalue weighted by molar-refractivity contribution is -0.137. The van der Waals surface area contributed by atoms with Gasteiger partial charge >= 0.3 is 6.18 Å². The maximum Gasteiger partial charge on any atom is 0.416 e. The van der Waals surface area contributed by atoms with Crippen LogP contribution in [0.5, 0.6) is 0 Å². The van der Waals surface area contributed by atoms with E-state index in [1.54, 1.807) is 0 Å². The first-order chi connectivity index (χ1) is 16.3. The van der Waals surface area contributed by atoms with Crippen LogP contribution < -0.4 is 10.6 Å². The van der Waals surface area contributed by atoms with E-state index >= 15 is 0 Å². The summed E-state index contributed by atoms with van der Waals surface area (Å²) < 4.78 is 38.0. The van der Waals surface area contributed by atoms with Gasteiger partial charge in [0.25, 0.3) is 5.91 Å². The van der Waals surface area contributed by atoms with Crippen molar-refractivity contribution in [1.82, 2.24) is 15.6 Å². The van der Waals surface area contributed by atoms with E-state index in [1.165, 1.54) is 0 Å². The zero-order valence-corrected chi connectivity index (χ0v) is 18.0. The molecule has 1 aromatic heterocycles. The van der Waals surface area contributed by atoms with Crippen molar-refractivity contribution >= 4 is 22.7 Å². The third-order valence-corrected chi connectivity index (χ3v) is 5.59. The number of aromatic amines is 1. The van der Waals surface area contributed by atoms with Crippen molar-refractivity contribution in [3.05, 3.63) is 107 Å². The molecule has 0 aliphatic rings. The van der Waals surface area contributed by atoms with Crippen molar-refractivity contribution < 1.29 is 22.8 Å². The Hall–Kier alpha value is -4.07. The molecule has 3 aromatic carbocycles. The van der Waals surface area contributed by atoms with Crippen LogP contribution in [0.4, 0.5) is 13.2 Å². The Morgan fingerprint density at radius 2 is 1.53 bits per heavy atom. The molecule has 5 nitrogen and oxygen atoms in total. The van der Waals surface area contributed by atoms with E-state index in [1.807, 2.05) is 60.8 Å². The summed E-state index contributed by atoms with van der Waals surface area (Å²) in [5, 5.41) is 6.36. The third kappa shape index (κ3) is 5.28. The largest absolute Gasteiger partial charge is 0.416 e. The van der Waals surface area contributed by atoms with E-state index in [0.29, 0.717) is 6.54 Å². The molecule has 0 fully saturated rings. The number of hydrogen-bond acceptors (Lipinski definition) is 2. The second-order valence-electron chi connectivity index (χ2n) is 7.81. The average molecular weight is 465 g/mol. The number of para-hydroxylation sites is 1. The van der Waals surface area contributed by atoms with Gasteiger partial charge in [-0.15, -0.1) is 0 Å². The topological polar surface area (TPSA) is 74.0 Å². The van der Waals surface area contributed by atoms with Crippen molar-refractivity contribution in [2.24, 2.45) is 0 Å². The maximum absolute atomic E-state index is 12.7. The van der Waals surface area contributed by atoms with Gasteiger partial charge in [0.2, 0.25) is 5.91 Å². The van der Waals surface area contributed by atoms with Gasteiger partial charge in [-0.2, -0.15) is 13.2 Å².